The average Bonchev–Trinajstić information content (AvgIpc) is 2.85. The molecule has 20 heavy (non-hydrogen) atoms. The Bertz CT molecular complexity index is 559. The maximum absolute atomic E-state index is 12.2. The lowest BCUT2D eigenvalue weighted by molar-refractivity contribution is -0.148. The number of nitrogens with zero attached hydrogens (tertiary/aromatic N) is 1. The molecule has 1 amide bonds. The molecule has 2 heterocycles. The molecule has 1 aliphatic rings. The molecule has 0 aliphatic carbocycles. The van der Waals surface area contributed by atoms with E-state index in [-0.39, 0.29) is 18.0 Å². The zero-order valence-corrected chi connectivity index (χ0v) is 11.3. The van der Waals surface area contributed by atoms with Crippen molar-refractivity contribution < 1.29 is 19.1 Å². The van der Waals surface area contributed by atoms with Crippen molar-refractivity contribution in [2.75, 3.05) is 13.1 Å². The molecule has 0 bridgehead atoms. The monoisotopic (exact) mass is 279 g/mol. The van der Waals surface area contributed by atoms with E-state index < -0.39 is 17.0 Å². The van der Waals surface area contributed by atoms with Gasteiger partial charge in [0.1, 0.15) is 6.26 Å². The number of hydrogen-bond donors (Lipinski definition) is 1. The molecule has 1 aliphatic heterocycles. The van der Waals surface area contributed by atoms with Gasteiger partial charge in [0.25, 0.3) is 5.91 Å². The van der Waals surface area contributed by atoms with Crippen LogP contribution in [0.2, 0.25) is 0 Å². The predicted octanol–water partition coefficient (Wildman–Crippen LogP) is 1.36. The number of carbonyl (C=O) groups is 2. The molecule has 6 heteroatoms. The number of likely N-dealkylation sites (tertiary alicyclic amines) is 1. The summed E-state index contributed by atoms with van der Waals surface area (Å²) in [6, 6.07) is 2.58. The number of carbonyl (C=O) groups excluding carboxylic acids is 1. The van der Waals surface area contributed by atoms with Gasteiger partial charge in [0, 0.05) is 19.2 Å². The fraction of sp³-hybridized carbons (Fsp3) is 0.500. The number of hydrogen-bond acceptors (Lipinski definition) is 4. The summed E-state index contributed by atoms with van der Waals surface area (Å²) >= 11 is 0. The predicted molar refractivity (Wildman–Crippen MR) is 70.5 cm³/mol. The lowest BCUT2D eigenvalue weighted by Gasteiger charge is -2.24. The molecule has 1 aromatic heterocycles. The molecular formula is C14H17NO5. The number of aliphatic carboxylic acids is 1. The van der Waals surface area contributed by atoms with Crippen LogP contribution in [-0.2, 0) is 4.79 Å². The van der Waals surface area contributed by atoms with Crippen LogP contribution in [0.3, 0.4) is 0 Å². The first-order chi connectivity index (χ1) is 9.48. The highest BCUT2D eigenvalue weighted by atomic mass is 16.4. The average molecular weight is 279 g/mol. The minimum absolute atomic E-state index is 0.203. The van der Waals surface area contributed by atoms with Gasteiger partial charge in [0.05, 0.1) is 11.0 Å². The van der Waals surface area contributed by atoms with Gasteiger partial charge < -0.3 is 14.4 Å². The third kappa shape index (κ3) is 2.59. The Labute approximate surface area is 116 Å². The topological polar surface area (TPSA) is 87.8 Å². The Morgan fingerprint density at radius 1 is 1.45 bits per heavy atom. The van der Waals surface area contributed by atoms with E-state index in [2.05, 4.69) is 4.42 Å². The Morgan fingerprint density at radius 2 is 2.20 bits per heavy atom. The lowest BCUT2D eigenvalue weighted by atomic mass is 9.83. The van der Waals surface area contributed by atoms with Crippen LogP contribution in [0.15, 0.2) is 27.6 Å². The van der Waals surface area contributed by atoms with E-state index in [4.69, 9.17) is 0 Å². The van der Waals surface area contributed by atoms with Crippen LogP contribution in [0.4, 0.5) is 0 Å². The van der Waals surface area contributed by atoms with E-state index in [0.29, 0.717) is 19.4 Å². The third-order valence-corrected chi connectivity index (χ3v) is 3.77. The Hall–Kier alpha value is -2.11. The van der Waals surface area contributed by atoms with Crippen molar-refractivity contribution >= 4 is 11.9 Å². The van der Waals surface area contributed by atoms with Gasteiger partial charge >= 0.3 is 11.6 Å². The molecule has 2 rings (SSSR count). The molecule has 0 saturated carbocycles. The van der Waals surface area contributed by atoms with Crippen LogP contribution in [0.1, 0.15) is 36.5 Å². The molecule has 0 radical (unpaired) electrons. The quantitative estimate of drug-likeness (QED) is 0.899. The largest absolute Gasteiger partial charge is 0.481 e. The van der Waals surface area contributed by atoms with Crippen LogP contribution < -0.4 is 5.63 Å². The van der Waals surface area contributed by atoms with Gasteiger partial charge in [-0.25, -0.2) is 4.79 Å². The second kappa shape index (κ2) is 5.48. The van der Waals surface area contributed by atoms with Gasteiger partial charge in [-0.3, -0.25) is 9.59 Å². The molecule has 0 spiro atoms. The zero-order valence-electron chi connectivity index (χ0n) is 11.3. The molecule has 1 unspecified atom stereocenters. The van der Waals surface area contributed by atoms with Gasteiger partial charge in [-0.1, -0.05) is 13.3 Å². The normalized spacial score (nSPS) is 21.9. The van der Waals surface area contributed by atoms with Crippen LogP contribution in [-0.4, -0.2) is 35.0 Å². The first kappa shape index (κ1) is 14.3. The van der Waals surface area contributed by atoms with Crippen molar-refractivity contribution in [3.63, 3.8) is 0 Å². The van der Waals surface area contributed by atoms with E-state index in [9.17, 15) is 19.5 Å². The maximum atomic E-state index is 12.2. The molecule has 108 valence electrons. The van der Waals surface area contributed by atoms with E-state index in [1.54, 1.807) is 0 Å². The number of carboxylic acids is 1. The van der Waals surface area contributed by atoms with Crippen molar-refractivity contribution in [3.8, 4) is 0 Å². The highest BCUT2D eigenvalue weighted by molar-refractivity contribution is 5.94. The SMILES string of the molecule is CCCC1(C(=O)O)CCN(C(=O)c2ccc(=O)oc2)C1. The van der Waals surface area contributed by atoms with Crippen molar-refractivity contribution in [2.45, 2.75) is 26.2 Å². The molecule has 0 aromatic carbocycles. The Morgan fingerprint density at radius 3 is 2.75 bits per heavy atom. The minimum atomic E-state index is -0.853. The third-order valence-electron chi connectivity index (χ3n) is 3.77. The maximum Gasteiger partial charge on any atom is 0.335 e. The fourth-order valence-corrected chi connectivity index (χ4v) is 2.67. The van der Waals surface area contributed by atoms with Gasteiger partial charge in [-0.15, -0.1) is 0 Å². The summed E-state index contributed by atoms with van der Waals surface area (Å²) in [5.74, 6) is -1.15. The smallest absolute Gasteiger partial charge is 0.335 e. The summed E-state index contributed by atoms with van der Waals surface area (Å²) in [6.45, 7) is 2.54. The Kier molecular flexibility index (Phi) is 3.92. The number of amides is 1. The summed E-state index contributed by atoms with van der Waals surface area (Å²) in [5.41, 5.74) is -1.10. The highest BCUT2D eigenvalue weighted by Gasteiger charge is 2.45. The Balaban J connectivity index is 2.16. The molecule has 1 atom stereocenters. The summed E-state index contributed by atoms with van der Waals surface area (Å²) < 4.78 is 4.67. The fourth-order valence-electron chi connectivity index (χ4n) is 2.67. The van der Waals surface area contributed by atoms with E-state index in [0.717, 1.165) is 12.7 Å². The highest BCUT2D eigenvalue weighted by Crippen LogP contribution is 2.36. The van der Waals surface area contributed by atoms with Crippen LogP contribution in [0.5, 0.6) is 0 Å². The van der Waals surface area contributed by atoms with Gasteiger partial charge in [0.2, 0.25) is 0 Å². The second-order valence-electron chi connectivity index (χ2n) is 5.16. The first-order valence-electron chi connectivity index (χ1n) is 6.60. The molecule has 1 aromatic rings. The van der Waals surface area contributed by atoms with Crippen LogP contribution in [0.25, 0.3) is 0 Å². The lowest BCUT2D eigenvalue weighted by Crippen LogP contribution is -2.37. The van der Waals surface area contributed by atoms with Crippen molar-refractivity contribution in [1.29, 1.82) is 0 Å². The van der Waals surface area contributed by atoms with Crippen molar-refractivity contribution in [2.24, 2.45) is 5.41 Å². The molecular weight excluding hydrogens is 262 g/mol. The van der Waals surface area contributed by atoms with Crippen LogP contribution in [0, 0.1) is 5.41 Å². The van der Waals surface area contributed by atoms with Gasteiger partial charge in [-0.05, 0) is 18.9 Å². The van der Waals surface area contributed by atoms with E-state index >= 15 is 0 Å². The molecule has 1 fully saturated rings. The zero-order chi connectivity index (χ0) is 14.8. The molecule has 1 N–H and O–H groups in total. The minimum Gasteiger partial charge on any atom is -0.481 e. The standard InChI is InChI=1S/C14H17NO5/c1-2-5-14(13(18)19)6-7-15(9-14)12(17)10-3-4-11(16)20-8-10/h3-4,8H,2,5-7,9H2,1H3,(H,18,19). The number of carboxylic acid groups (broad SMARTS) is 1. The van der Waals surface area contributed by atoms with E-state index in [1.165, 1.54) is 17.0 Å². The molecule has 1 saturated heterocycles. The van der Waals surface area contributed by atoms with E-state index in [1.807, 2.05) is 6.92 Å². The second-order valence-corrected chi connectivity index (χ2v) is 5.16. The summed E-state index contributed by atoms with van der Waals surface area (Å²) in [4.78, 5) is 36.1. The van der Waals surface area contributed by atoms with Crippen molar-refractivity contribution in [1.82, 2.24) is 4.90 Å². The summed E-state index contributed by atoms with van der Waals surface area (Å²) in [5, 5.41) is 9.40. The molecule has 6 nitrogen and oxygen atoms in total. The van der Waals surface area contributed by atoms with Crippen LogP contribution >= 0.6 is 0 Å². The summed E-state index contributed by atoms with van der Waals surface area (Å²) in [6.07, 6.45) is 2.88. The van der Waals surface area contributed by atoms with Crippen molar-refractivity contribution in [3.05, 3.63) is 34.4 Å². The summed E-state index contributed by atoms with van der Waals surface area (Å²) in [7, 11) is 0. The van der Waals surface area contributed by atoms with Gasteiger partial charge in [0.15, 0.2) is 0 Å². The van der Waals surface area contributed by atoms with Gasteiger partial charge in [-0.2, -0.15) is 0 Å². The number of rotatable bonds is 4. The first-order valence-corrected chi connectivity index (χ1v) is 6.60.